The summed E-state index contributed by atoms with van der Waals surface area (Å²) in [7, 11) is 1.62. The van der Waals surface area contributed by atoms with Crippen molar-refractivity contribution in [3.05, 3.63) is 72.6 Å². The molecule has 172 valence electrons. The third-order valence-electron chi connectivity index (χ3n) is 4.51. The van der Waals surface area contributed by atoms with Crippen LogP contribution < -0.4 is 20.1 Å². The number of rotatable bonds is 9. The Bertz CT molecular complexity index is 998. The number of hydrogen-bond acceptors (Lipinski definition) is 4. The molecule has 1 atom stereocenters. The quantitative estimate of drug-likeness (QED) is 0.237. The first kappa shape index (κ1) is 25.4. The molecule has 32 heavy (non-hydrogen) atoms. The minimum absolute atomic E-state index is 0. The molecule has 0 bridgehead atoms. The predicted molar refractivity (Wildman–Crippen MR) is 135 cm³/mol. The average Bonchev–Trinajstić information content (AvgIpc) is 3.30. The van der Waals surface area contributed by atoms with E-state index in [1.807, 2.05) is 44.2 Å². The lowest BCUT2D eigenvalue weighted by atomic mass is 10.2. The normalized spacial score (nSPS) is 11.9. The summed E-state index contributed by atoms with van der Waals surface area (Å²) in [6.45, 7) is 5.55. The monoisotopic (exact) mass is 553 g/mol. The van der Waals surface area contributed by atoms with Gasteiger partial charge in [0.25, 0.3) is 0 Å². The Morgan fingerprint density at radius 1 is 1.19 bits per heavy atom. The zero-order valence-corrected chi connectivity index (χ0v) is 20.7. The molecular weight excluding hydrogens is 524 g/mol. The van der Waals surface area contributed by atoms with E-state index >= 15 is 0 Å². The van der Waals surface area contributed by atoms with Gasteiger partial charge in [0.2, 0.25) is 0 Å². The van der Waals surface area contributed by atoms with Crippen LogP contribution in [0.4, 0.5) is 4.39 Å². The van der Waals surface area contributed by atoms with E-state index < -0.39 is 0 Å². The number of para-hydroxylation sites is 2. The number of ether oxygens (including phenoxy) is 2. The third-order valence-corrected chi connectivity index (χ3v) is 4.51. The van der Waals surface area contributed by atoms with Crippen molar-refractivity contribution >= 4 is 29.9 Å². The maximum Gasteiger partial charge on any atom is 0.191 e. The first-order chi connectivity index (χ1) is 15.1. The molecule has 2 aromatic carbocycles. The van der Waals surface area contributed by atoms with E-state index in [9.17, 15) is 4.39 Å². The molecule has 0 saturated heterocycles. The highest BCUT2D eigenvalue weighted by Crippen LogP contribution is 2.26. The van der Waals surface area contributed by atoms with Gasteiger partial charge >= 0.3 is 0 Å². The van der Waals surface area contributed by atoms with Crippen LogP contribution in [0.1, 0.15) is 19.4 Å². The predicted octanol–water partition coefficient (Wildman–Crippen LogP) is 4.16. The smallest absolute Gasteiger partial charge is 0.191 e. The summed E-state index contributed by atoms with van der Waals surface area (Å²) in [5.41, 5.74) is 1.23. The Morgan fingerprint density at radius 3 is 2.62 bits per heavy atom. The standard InChI is InChI=1S/C23H28FN5O2.HI/c1-4-26-23(27-14-17(2)31-22-8-6-5-7-21(22)30-3)28-15-18-9-10-20(19(24)13-18)29-12-11-25-16-29;/h5-13,16-17H,4,14-15H2,1-3H3,(H2,26,27,28);1H. The summed E-state index contributed by atoms with van der Waals surface area (Å²) in [5.74, 6) is 1.70. The van der Waals surface area contributed by atoms with Crippen molar-refractivity contribution < 1.29 is 13.9 Å². The summed E-state index contributed by atoms with van der Waals surface area (Å²) in [4.78, 5) is 8.51. The minimum Gasteiger partial charge on any atom is -0.493 e. The van der Waals surface area contributed by atoms with Crippen molar-refractivity contribution in [3.63, 3.8) is 0 Å². The van der Waals surface area contributed by atoms with Gasteiger partial charge in [-0.3, -0.25) is 0 Å². The number of nitrogens with zero attached hydrogens (tertiary/aromatic N) is 3. The fourth-order valence-electron chi connectivity index (χ4n) is 2.99. The zero-order valence-electron chi connectivity index (χ0n) is 18.4. The number of aromatic nitrogens is 2. The van der Waals surface area contributed by atoms with Crippen LogP contribution in [0.2, 0.25) is 0 Å². The van der Waals surface area contributed by atoms with Crippen LogP contribution in [-0.4, -0.2) is 41.8 Å². The van der Waals surface area contributed by atoms with Gasteiger partial charge in [0.05, 0.1) is 32.2 Å². The molecule has 1 aromatic heterocycles. The first-order valence-corrected chi connectivity index (χ1v) is 10.2. The topological polar surface area (TPSA) is 72.7 Å². The summed E-state index contributed by atoms with van der Waals surface area (Å²) < 4.78 is 27.4. The fourth-order valence-corrected chi connectivity index (χ4v) is 2.99. The number of guanidine groups is 1. The van der Waals surface area contributed by atoms with E-state index in [1.54, 1.807) is 36.5 Å². The van der Waals surface area contributed by atoms with Gasteiger partial charge < -0.3 is 24.7 Å². The molecule has 0 saturated carbocycles. The summed E-state index contributed by atoms with van der Waals surface area (Å²) >= 11 is 0. The van der Waals surface area contributed by atoms with Crippen LogP contribution in [0.5, 0.6) is 11.5 Å². The maximum atomic E-state index is 14.5. The van der Waals surface area contributed by atoms with Crippen molar-refractivity contribution in [2.24, 2.45) is 4.99 Å². The summed E-state index contributed by atoms with van der Waals surface area (Å²) in [6.07, 6.45) is 4.77. The lowest BCUT2D eigenvalue weighted by Gasteiger charge is -2.19. The number of aliphatic imine (C=N–C) groups is 1. The van der Waals surface area contributed by atoms with Gasteiger partial charge in [-0.2, -0.15) is 0 Å². The maximum absolute atomic E-state index is 14.5. The Labute approximate surface area is 205 Å². The molecule has 0 spiro atoms. The molecule has 3 aromatic rings. The van der Waals surface area contributed by atoms with Crippen LogP contribution >= 0.6 is 24.0 Å². The Balaban J connectivity index is 0.00000363. The van der Waals surface area contributed by atoms with E-state index in [0.717, 1.165) is 5.56 Å². The molecule has 1 heterocycles. The Kier molecular flexibility index (Phi) is 10.3. The second kappa shape index (κ2) is 12.9. The molecule has 3 rings (SSSR count). The van der Waals surface area contributed by atoms with E-state index in [0.29, 0.717) is 42.8 Å². The van der Waals surface area contributed by atoms with Crippen molar-refractivity contribution in [2.75, 3.05) is 20.2 Å². The molecule has 0 aliphatic carbocycles. The van der Waals surface area contributed by atoms with E-state index in [1.165, 1.54) is 6.07 Å². The molecule has 2 N–H and O–H groups in total. The largest absolute Gasteiger partial charge is 0.493 e. The number of imidazole rings is 1. The van der Waals surface area contributed by atoms with Crippen LogP contribution in [0.3, 0.4) is 0 Å². The minimum atomic E-state index is -0.317. The average molecular weight is 553 g/mol. The van der Waals surface area contributed by atoms with Crippen LogP contribution in [0, 0.1) is 5.82 Å². The molecule has 0 aliphatic rings. The zero-order chi connectivity index (χ0) is 22.1. The van der Waals surface area contributed by atoms with Gasteiger partial charge in [0.1, 0.15) is 11.9 Å². The van der Waals surface area contributed by atoms with Gasteiger partial charge in [-0.15, -0.1) is 24.0 Å². The highest BCUT2D eigenvalue weighted by Gasteiger charge is 2.10. The van der Waals surface area contributed by atoms with Crippen LogP contribution in [-0.2, 0) is 6.54 Å². The molecule has 0 fully saturated rings. The third kappa shape index (κ3) is 7.11. The van der Waals surface area contributed by atoms with Gasteiger partial charge in [0, 0.05) is 18.9 Å². The summed E-state index contributed by atoms with van der Waals surface area (Å²) in [5, 5.41) is 6.46. The number of methoxy groups -OCH3 is 1. The number of nitrogens with one attached hydrogen (secondary N) is 2. The van der Waals surface area contributed by atoms with E-state index in [2.05, 4.69) is 20.6 Å². The molecule has 9 heteroatoms. The first-order valence-electron chi connectivity index (χ1n) is 10.2. The molecule has 1 unspecified atom stereocenters. The van der Waals surface area contributed by atoms with Crippen LogP contribution in [0.15, 0.2) is 66.2 Å². The second-order valence-electron chi connectivity index (χ2n) is 6.91. The van der Waals surface area contributed by atoms with Crippen molar-refractivity contribution in [1.29, 1.82) is 0 Å². The lowest BCUT2D eigenvalue weighted by Crippen LogP contribution is -2.41. The van der Waals surface area contributed by atoms with Crippen molar-refractivity contribution in [2.45, 2.75) is 26.5 Å². The van der Waals surface area contributed by atoms with E-state index in [4.69, 9.17) is 9.47 Å². The summed E-state index contributed by atoms with van der Waals surface area (Å²) in [6, 6.07) is 12.6. The Hall–Kier alpha value is -2.82. The molecule has 7 nitrogen and oxygen atoms in total. The SMILES string of the molecule is CCNC(=NCc1ccc(-n2ccnc2)c(F)c1)NCC(C)Oc1ccccc1OC.I. The van der Waals surface area contributed by atoms with Gasteiger partial charge in [-0.05, 0) is 43.7 Å². The molecular formula is C23H29FIN5O2. The van der Waals surface area contributed by atoms with Crippen molar-refractivity contribution in [1.82, 2.24) is 20.2 Å². The number of hydrogen-bond donors (Lipinski definition) is 2. The molecule has 0 radical (unpaired) electrons. The second-order valence-corrected chi connectivity index (χ2v) is 6.91. The van der Waals surface area contributed by atoms with E-state index in [-0.39, 0.29) is 35.9 Å². The lowest BCUT2D eigenvalue weighted by molar-refractivity contribution is 0.213. The Morgan fingerprint density at radius 2 is 1.97 bits per heavy atom. The van der Waals surface area contributed by atoms with Gasteiger partial charge in [-0.1, -0.05) is 18.2 Å². The van der Waals surface area contributed by atoms with Crippen LogP contribution in [0.25, 0.3) is 5.69 Å². The number of halogens is 2. The molecule has 0 aliphatic heterocycles. The van der Waals surface area contributed by atoms with Crippen molar-refractivity contribution in [3.8, 4) is 17.2 Å². The highest BCUT2D eigenvalue weighted by atomic mass is 127. The number of benzene rings is 2. The fraction of sp³-hybridized carbons (Fsp3) is 0.304. The van der Waals surface area contributed by atoms with Gasteiger partial charge in [0.15, 0.2) is 17.5 Å². The molecule has 0 amide bonds. The van der Waals surface area contributed by atoms with Gasteiger partial charge in [-0.25, -0.2) is 14.4 Å². The highest BCUT2D eigenvalue weighted by molar-refractivity contribution is 14.0.